The van der Waals surface area contributed by atoms with Crippen LogP contribution < -0.4 is 0 Å². The van der Waals surface area contributed by atoms with Crippen LogP contribution in [0.2, 0.25) is 0 Å². The molecule has 0 aliphatic rings. The smallest absolute Gasteiger partial charge is 0.144 e. The highest BCUT2D eigenvalue weighted by Crippen LogP contribution is 2.27. The zero-order valence-corrected chi connectivity index (χ0v) is 11.2. The van der Waals surface area contributed by atoms with E-state index in [-0.39, 0.29) is 0 Å². The van der Waals surface area contributed by atoms with Crippen molar-refractivity contribution < 1.29 is 4.42 Å². The van der Waals surface area contributed by atoms with Crippen molar-refractivity contribution in [3.8, 4) is 0 Å². The Morgan fingerprint density at radius 3 is 2.81 bits per heavy atom. The summed E-state index contributed by atoms with van der Waals surface area (Å²) in [5.74, 6) is 0.730. The molecule has 0 saturated heterocycles. The number of hydrogen-bond acceptors (Lipinski definition) is 3. The monoisotopic (exact) mass is 272 g/mol. The second kappa shape index (κ2) is 4.87. The van der Waals surface area contributed by atoms with Gasteiger partial charge in [-0.3, -0.25) is 9.98 Å². The average molecular weight is 272 g/mol. The first-order valence-corrected chi connectivity index (χ1v) is 6.75. The first kappa shape index (κ1) is 11.9. The van der Waals surface area contributed by atoms with Crippen molar-refractivity contribution in [3.63, 3.8) is 0 Å². The van der Waals surface area contributed by atoms with Crippen LogP contribution in [0.1, 0.15) is 5.76 Å². The molecule has 0 unspecified atom stereocenters. The summed E-state index contributed by atoms with van der Waals surface area (Å²) in [6, 6.07) is 18.2. The summed E-state index contributed by atoms with van der Waals surface area (Å²) in [6.07, 6.45) is 5.11. The van der Waals surface area contributed by atoms with Crippen molar-refractivity contribution >= 4 is 33.6 Å². The summed E-state index contributed by atoms with van der Waals surface area (Å²) >= 11 is 0. The quantitative estimate of drug-likeness (QED) is 0.391. The van der Waals surface area contributed by atoms with E-state index < -0.39 is 0 Å². The van der Waals surface area contributed by atoms with E-state index in [1.807, 2.05) is 30.3 Å². The molecule has 2 aromatic carbocycles. The third kappa shape index (κ3) is 2.19. The maximum absolute atomic E-state index is 5.24. The lowest BCUT2D eigenvalue weighted by Gasteiger charge is -2.03. The Morgan fingerprint density at radius 2 is 1.90 bits per heavy atom. The van der Waals surface area contributed by atoms with Gasteiger partial charge in [-0.25, -0.2) is 0 Å². The molecule has 0 aliphatic carbocycles. The van der Waals surface area contributed by atoms with Crippen LogP contribution in [0.4, 0.5) is 5.69 Å². The Labute approximate surface area is 121 Å². The molecule has 3 heteroatoms. The molecule has 21 heavy (non-hydrogen) atoms. The topological polar surface area (TPSA) is 38.4 Å². The van der Waals surface area contributed by atoms with E-state index in [1.54, 1.807) is 18.7 Å². The number of furan rings is 1. The first-order valence-electron chi connectivity index (χ1n) is 6.75. The summed E-state index contributed by atoms with van der Waals surface area (Å²) in [5.41, 5.74) is 1.79. The minimum Gasteiger partial charge on any atom is -0.463 e. The van der Waals surface area contributed by atoms with Crippen molar-refractivity contribution in [1.82, 2.24) is 4.98 Å². The number of pyridine rings is 1. The molecule has 2 heterocycles. The van der Waals surface area contributed by atoms with Gasteiger partial charge in [0.05, 0.1) is 29.9 Å². The minimum atomic E-state index is 0.730. The van der Waals surface area contributed by atoms with Crippen LogP contribution >= 0.6 is 0 Å². The van der Waals surface area contributed by atoms with Gasteiger partial charge in [0.2, 0.25) is 0 Å². The number of rotatable bonds is 2. The summed E-state index contributed by atoms with van der Waals surface area (Å²) in [5, 5.41) is 3.51. The van der Waals surface area contributed by atoms with Gasteiger partial charge >= 0.3 is 0 Å². The molecule has 0 spiro atoms. The predicted octanol–water partition coefficient (Wildman–Crippen LogP) is 4.73. The Hall–Kier alpha value is -2.94. The number of hydrogen-bond donors (Lipinski definition) is 0. The van der Waals surface area contributed by atoms with Crippen molar-refractivity contribution in [1.29, 1.82) is 0 Å². The van der Waals surface area contributed by atoms with Crippen LogP contribution in [0.15, 0.2) is 76.5 Å². The van der Waals surface area contributed by atoms with Gasteiger partial charge in [-0.05, 0) is 35.0 Å². The lowest BCUT2D eigenvalue weighted by atomic mass is 10.1. The number of aliphatic imine (C=N–C) groups is 1. The molecule has 3 nitrogen and oxygen atoms in total. The Balaban J connectivity index is 1.86. The second-order valence-corrected chi connectivity index (χ2v) is 4.82. The van der Waals surface area contributed by atoms with Gasteiger partial charge in [0.25, 0.3) is 0 Å². The van der Waals surface area contributed by atoms with Crippen molar-refractivity contribution in [2.24, 2.45) is 4.99 Å². The molecule has 0 radical (unpaired) electrons. The summed E-state index contributed by atoms with van der Waals surface area (Å²) in [4.78, 5) is 8.91. The van der Waals surface area contributed by atoms with Gasteiger partial charge in [0.15, 0.2) is 0 Å². The molecular formula is C18H12N2O. The van der Waals surface area contributed by atoms with Crippen LogP contribution in [-0.4, -0.2) is 11.2 Å². The van der Waals surface area contributed by atoms with Gasteiger partial charge in [-0.1, -0.05) is 30.3 Å². The van der Waals surface area contributed by atoms with Gasteiger partial charge in [-0.2, -0.15) is 0 Å². The molecule has 0 aliphatic heterocycles. The summed E-state index contributed by atoms with van der Waals surface area (Å²) in [7, 11) is 0. The average Bonchev–Trinajstić information content (AvgIpc) is 3.06. The Bertz CT molecular complexity index is 940. The molecule has 0 atom stereocenters. The second-order valence-electron chi connectivity index (χ2n) is 4.82. The van der Waals surface area contributed by atoms with Crippen LogP contribution in [0.3, 0.4) is 0 Å². The lowest BCUT2D eigenvalue weighted by molar-refractivity contribution is 0.560. The molecule has 4 rings (SSSR count). The number of benzene rings is 2. The molecular weight excluding hydrogens is 260 g/mol. The summed E-state index contributed by atoms with van der Waals surface area (Å²) < 4.78 is 5.24. The van der Waals surface area contributed by atoms with E-state index in [2.05, 4.69) is 34.2 Å². The maximum Gasteiger partial charge on any atom is 0.144 e. The third-order valence-electron chi connectivity index (χ3n) is 3.46. The standard InChI is InChI=1S/C18H12N2O/c1-2-6-16-13(4-1)7-8-18-17(16)10-14(11-20-18)19-12-15-5-3-9-21-15/h1-12H. The number of aromatic nitrogens is 1. The van der Waals surface area contributed by atoms with Gasteiger partial charge < -0.3 is 4.42 Å². The SMILES string of the molecule is C(=Nc1cnc2ccc3ccccc3c2c1)c1ccco1. The number of nitrogens with zero attached hydrogens (tertiary/aromatic N) is 2. The maximum atomic E-state index is 5.24. The fourth-order valence-corrected chi connectivity index (χ4v) is 2.44. The van der Waals surface area contributed by atoms with E-state index in [4.69, 9.17) is 4.42 Å². The van der Waals surface area contributed by atoms with E-state index in [0.29, 0.717) is 0 Å². The van der Waals surface area contributed by atoms with Crippen molar-refractivity contribution in [3.05, 3.63) is 72.8 Å². The molecule has 4 aromatic rings. The minimum absolute atomic E-state index is 0.730. The zero-order valence-electron chi connectivity index (χ0n) is 11.2. The third-order valence-corrected chi connectivity index (χ3v) is 3.46. The fraction of sp³-hybridized carbons (Fsp3) is 0. The Morgan fingerprint density at radius 1 is 0.952 bits per heavy atom. The molecule has 0 saturated carbocycles. The van der Waals surface area contributed by atoms with Gasteiger partial charge in [0, 0.05) is 5.39 Å². The van der Waals surface area contributed by atoms with E-state index in [0.717, 1.165) is 22.4 Å². The highest BCUT2D eigenvalue weighted by atomic mass is 16.3. The van der Waals surface area contributed by atoms with Crippen LogP contribution in [0.5, 0.6) is 0 Å². The first-order chi connectivity index (χ1) is 10.4. The molecule has 100 valence electrons. The molecule has 0 N–H and O–H groups in total. The highest BCUT2D eigenvalue weighted by Gasteiger charge is 2.02. The molecule has 0 bridgehead atoms. The van der Waals surface area contributed by atoms with Crippen LogP contribution in [0.25, 0.3) is 21.7 Å². The van der Waals surface area contributed by atoms with Gasteiger partial charge in [0.1, 0.15) is 5.76 Å². The van der Waals surface area contributed by atoms with Crippen LogP contribution in [0, 0.1) is 0 Å². The van der Waals surface area contributed by atoms with E-state index in [9.17, 15) is 0 Å². The molecule has 0 fully saturated rings. The molecule has 0 amide bonds. The Kier molecular flexibility index (Phi) is 2.75. The van der Waals surface area contributed by atoms with E-state index >= 15 is 0 Å². The fourth-order valence-electron chi connectivity index (χ4n) is 2.44. The number of fused-ring (bicyclic) bond motifs is 3. The summed E-state index contributed by atoms with van der Waals surface area (Å²) in [6.45, 7) is 0. The van der Waals surface area contributed by atoms with Crippen LogP contribution in [-0.2, 0) is 0 Å². The van der Waals surface area contributed by atoms with E-state index in [1.165, 1.54) is 10.8 Å². The zero-order chi connectivity index (χ0) is 14.1. The predicted molar refractivity (Wildman–Crippen MR) is 85.2 cm³/mol. The van der Waals surface area contributed by atoms with Crippen molar-refractivity contribution in [2.45, 2.75) is 0 Å². The van der Waals surface area contributed by atoms with Gasteiger partial charge in [-0.15, -0.1) is 0 Å². The lowest BCUT2D eigenvalue weighted by Crippen LogP contribution is -1.82. The largest absolute Gasteiger partial charge is 0.463 e. The highest BCUT2D eigenvalue weighted by molar-refractivity contribution is 6.06. The molecule has 2 aromatic heterocycles. The normalized spacial score (nSPS) is 11.6. The van der Waals surface area contributed by atoms with Crippen molar-refractivity contribution in [2.75, 3.05) is 0 Å².